The molecule has 0 aliphatic heterocycles. The number of hydrogen-bond acceptors (Lipinski definition) is 3. The minimum atomic E-state index is 0.360. The van der Waals surface area contributed by atoms with Crippen LogP contribution < -0.4 is 10.7 Å². The fraction of sp³-hybridized carbons (Fsp3) is 0.571. The van der Waals surface area contributed by atoms with Crippen LogP contribution in [-0.2, 0) is 0 Å². The highest BCUT2D eigenvalue weighted by Gasteiger charge is 2.10. The highest BCUT2D eigenvalue weighted by molar-refractivity contribution is 5.06. The zero-order valence-electron chi connectivity index (χ0n) is 7.05. The largest absolute Gasteiger partial charge is 0.345 e. The summed E-state index contributed by atoms with van der Waals surface area (Å²) in [6, 6.07) is 0. The second kappa shape index (κ2) is 2.82. The maximum absolute atomic E-state index is 5.49. The van der Waals surface area contributed by atoms with E-state index in [1.165, 1.54) is 0 Å². The first-order valence-corrected chi connectivity index (χ1v) is 3.63. The lowest BCUT2D eigenvalue weighted by molar-refractivity contribution is -0.385. The van der Waals surface area contributed by atoms with Crippen molar-refractivity contribution in [2.45, 2.75) is 26.7 Å². The van der Waals surface area contributed by atoms with Gasteiger partial charge in [-0.3, -0.25) is 0 Å². The van der Waals surface area contributed by atoms with Gasteiger partial charge in [-0.05, 0) is 0 Å². The highest BCUT2D eigenvalue weighted by Crippen LogP contribution is 2.04. The predicted molar refractivity (Wildman–Crippen MR) is 41.8 cm³/mol. The Morgan fingerprint density at radius 3 is 2.45 bits per heavy atom. The Kier molecular flexibility index (Phi) is 2.03. The first-order chi connectivity index (χ1) is 5.09. The Bertz CT molecular complexity index is 236. The van der Waals surface area contributed by atoms with Crippen LogP contribution in [0, 0.1) is 6.92 Å². The summed E-state index contributed by atoms with van der Waals surface area (Å²) in [5.41, 5.74) is 5.49. The molecule has 0 amide bonds. The van der Waals surface area contributed by atoms with Crippen molar-refractivity contribution in [3.8, 4) is 0 Å². The van der Waals surface area contributed by atoms with Gasteiger partial charge < -0.3 is 5.73 Å². The fourth-order valence-electron chi connectivity index (χ4n) is 0.834. The molecular weight excluding hydrogens is 140 g/mol. The van der Waals surface area contributed by atoms with Gasteiger partial charge in [-0.25, -0.2) is 4.98 Å². The standard InChI is InChI=1S/C7H12N4/c1-4(2)6-9-5(3)10-7(8)11-6/h4H,1-3H3,(H2,8,9,10,11)/p+1. The van der Waals surface area contributed by atoms with Crippen molar-refractivity contribution in [1.82, 2.24) is 9.97 Å². The van der Waals surface area contributed by atoms with E-state index in [0.717, 1.165) is 5.82 Å². The van der Waals surface area contributed by atoms with Gasteiger partial charge in [0.25, 0.3) is 0 Å². The second-order valence-electron chi connectivity index (χ2n) is 2.82. The summed E-state index contributed by atoms with van der Waals surface area (Å²) >= 11 is 0. The Labute approximate surface area is 65.9 Å². The van der Waals surface area contributed by atoms with Crippen LogP contribution in [0.25, 0.3) is 0 Å². The monoisotopic (exact) mass is 153 g/mol. The third-order valence-electron chi connectivity index (χ3n) is 1.37. The first kappa shape index (κ1) is 7.91. The van der Waals surface area contributed by atoms with E-state index < -0.39 is 0 Å². The number of nitrogens with two attached hydrogens (primary N) is 1. The molecule has 0 bridgehead atoms. The van der Waals surface area contributed by atoms with Crippen molar-refractivity contribution in [2.75, 3.05) is 5.73 Å². The van der Waals surface area contributed by atoms with Crippen LogP contribution in [0.2, 0.25) is 0 Å². The Hall–Kier alpha value is -1.19. The minimum Gasteiger partial charge on any atom is -0.308 e. The molecule has 1 aromatic rings. The molecule has 0 saturated heterocycles. The number of rotatable bonds is 1. The van der Waals surface area contributed by atoms with Crippen LogP contribution >= 0.6 is 0 Å². The zero-order valence-corrected chi connectivity index (χ0v) is 7.05. The molecule has 0 spiro atoms. The molecule has 1 heterocycles. The van der Waals surface area contributed by atoms with Gasteiger partial charge in [-0.2, -0.15) is 0 Å². The van der Waals surface area contributed by atoms with Crippen LogP contribution in [0.4, 0.5) is 5.95 Å². The third-order valence-corrected chi connectivity index (χ3v) is 1.37. The van der Waals surface area contributed by atoms with Gasteiger partial charge in [0.15, 0.2) is 0 Å². The first-order valence-electron chi connectivity index (χ1n) is 3.63. The molecule has 0 radical (unpaired) electrons. The van der Waals surface area contributed by atoms with E-state index in [2.05, 4.69) is 28.8 Å². The summed E-state index contributed by atoms with van der Waals surface area (Å²) in [5.74, 6) is 2.39. The van der Waals surface area contributed by atoms with E-state index in [4.69, 9.17) is 5.73 Å². The molecule has 3 N–H and O–H groups in total. The molecular formula is C7H13N4+. The minimum absolute atomic E-state index is 0.360. The smallest absolute Gasteiger partial charge is 0.308 e. The van der Waals surface area contributed by atoms with Gasteiger partial charge in [0, 0.05) is 12.8 Å². The van der Waals surface area contributed by atoms with Crippen molar-refractivity contribution in [3.63, 3.8) is 0 Å². The van der Waals surface area contributed by atoms with E-state index in [-0.39, 0.29) is 0 Å². The Balaban J connectivity index is 3.08. The molecule has 0 fully saturated rings. The number of nitrogens with zero attached hydrogens (tertiary/aromatic N) is 2. The number of anilines is 1. The summed E-state index contributed by atoms with van der Waals surface area (Å²) in [4.78, 5) is 11.0. The summed E-state index contributed by atoms with van der Waals surface area (Å²) in [5, 5.41) is 0. The normalized spacial score (nSPS) is 10.5. The van der Waals surface area contributed by atoms with Crippen LogP contribution in [0.1, 0.15) is 31.4 Å². The lowest BCUT2D eigenvalue weighted by Crippen LogP contribution is -2.22. The molecule has 0 unspecified atom stereocenters. The number of aryl methyl sites for hydroxylation is 1. The van der Waals surface area contributed by atoms with Crippen molar-refractivity contribution >= 4 is 5.95 Å². The van der Waals surface area contributed by atoms with Crippen LogP contribution in [0.3, 0.4) is 0 Å². The molecule has 1 aromatic heterocycles. The molecule has 4 nitrogen and oxygen atoms in total. The average Bonchev–Trinajstić information content (AvgIpc) is 1.85. The summed E-state index contributed by atoms with van der Waals surface area (Å²) in [6.07, 6.45) is 0. The maximum Gasteiger partial charge on any atom is 0.345 e. The van der Waals surface area contributed by atoms with Gasteiger partial charge in [0.2, 0.25) is 11.6 Å². The number of nitrogen functional groups attached to an aromatic ring is 1. The summed E-state index contributed by atoms with van der Waals surface area (Å²) in [6.45, 7) is 5.94. The Morgan fingerprint density at radius 2 is 2.00 bits per heavy atom. The quantitative estimate of drug-likeness (QED) is 0.631. The second-order valence-corrected chi connectivity index (χ2v) is 2.82. The van der Waals surface area contributed by atoms with Crippen LogP contribution in [0.15, 0.2) is 0 Å². The van der Waals surface area contributed by atoms with Gasteiger partial charge in [0.1, 0.15) is 0 Å². The topological polar surface area (TPSA) is 65.9 Å². The maximum atomic E-state index is 5.49. The van der Waals surface area contributed by atoms with Crippen molar-refractivity contribution in [3.05, 3.63) is 11.6 Å². The number of nitrogens with one attached hydrogen (secondary N) is 1. The lowest BCUT2D eigenvalue weighted by Gasteiger charge is -1.98. The molecule has 60 valence electrons. The van der Waals surface area contributed by atoms with Gasteiger partial charge in [0.05, 0.1) is 0 Å². The van der Waals surface area contributed by atoms with E-state index in [0.29, 0.717) is 17.7 Å². The molecule has 11 heavy (non-hydrogen) atoms. The molecule has 0 atom stereocenters. The van der Waals surface area contributed by atoms with Crippen LogP contribution in [-0.4, -0.2) is 9.97 Å². The fourth-order valence-corrected chi connectivity index (χ4v) is 0.834. The van der Waals surface area contributed by atoms with Crippen molar-refractivity contribution in [2.24, 2.45) is 0 Å². The number of H-pyrrole nitrogens is 1. The molecule has 0 aliphatic rings. The highest BCUT2D eigenvalue weighted by atomic mass is 15.1. The number of aromatic amines is 1. The van der Waals surface area contributed by atoms with E-state index in [1.54, 1.807) is 0 Å². The van der Waals surface area contributed by atoms with Gasteiger partial charge in [-0.15, -0.1) is 4.98 Å². The molecule has 0 aromatic carbocycles. The molecule has 1 rings (SSSR count). The molecule has 0 saturated carbocycles. The van der Waals surface area contributed by atoms with E-state index >= 15 is 0 Å². The number of hydrogen-bond donors (Lipinski definition) is 1. The molecule has 0 aliphatic carbocycles. The Morgan fingerprint density at radius 1 is 1.36 bits per heavy atom. The predicted octanol–water partition coefficient (Wildman–Crippen LogP) is 0.305. The van der Waals surface area contributed by atoms with Crippen molar-refractivity contribution < 1.29 is 4.98 Å². The molecule has 4 heteroatoms. The lowest BCUT2D eigenvalue weighted by atomic mass is 10.2. The summed E-state index contributed by atoms with van der Waals surface area (Å²) < 4.78 is 0. The van der Waals surface area contributed by atoms with Crippen molar-refractivity contribution in [1.29, 1.82) is 0 Å². The average molecular weight is 153 g/mol. The third kappa shape index (κ3) is 1.86. The SMILES string of the molecule is Cc1nc(N)[nH+]c(C(C)C)n1. The zero-order chi connectivity index (χ0) is 8.43. The van der Waals surface area contributed by atoms with Gasteiger partial charge >= 0.3 is 5.95 Å². The summed E-state index contributed by atoms with van der Waals surface area (Å²) in [7, 11) is 0. The van der Waals surface area contributed by atoms with E-state index in [9.17, 15) is 0 Å². The number of aromatic nitrogens is 3. The van der Waals surface area contributed by atoms with Gasteiger partial charge in [-0.1, -0.05) is 18.8 Å². The van der Waals surface area contributed by atoms with E-state index in [1.807, 2.05) is 6.92 Å². The van der Waals surface area contributed by atoms with Crippen LogP contribution in [0.5, 0.6) is 0 Å².